The fraction of sp³-hybridized carbons (Fsp3) is 0.231. The first-order valence-electron chi connectivity index (χ1n) is 5.87. The zero-order valence-electron chi connectivity index (χ0n) is 10.0. The number of rotatable bonds is 3. The van der Waals surface area contributed by atoms with Gasteiger partial charge in [0.25, 0.3) is 0 Å². The van der Waals surface area contributed by atoms with E-state index in [4.69, 9.17) is 17.3 Å². The van der Waals surface area contributed by atoms with E-state index in [0.29, 0.717) is 24.2 Å². The Morgan fingerprint density at radius 3 is 2.53 bits per heavy atom. The van der Waals surface area contributed by atoms with Crippen LogP contribution in [0.15, 0.2) is 30.7 Å². The molecule has 1 fully saturated rings. The molecule has 5 nitrogen and oxygen atoms in total. The summed E-state index contributed by atoms with van der Waals surface area (Å²) in [5.74, 6) is -0.366. The van der Waals surface area contributed by atoms with Gasteiger partial charge in [-0.2, -0.15) is 0 Å². The summed E-state index contributed by atoms with van der Waals surface area (Å²) >= 11 is 6.16. The number of nitrogens with zero attached hydrogens (tertiary/aromatic N) is 3. The zero-order valence-corrected chi connectivity index (χ0v) is 10.8. The molecule has 2 heterocycles. The first-order valence-corrected chi connectivity index (χ1v) is 6.24. The molecule has 0 aliphatic heterocycles. The Kier molecular flexibility index (Phi) is 2.71. The Labute approximate surface area is 114 Å². The number of aromatic nitrogens is 3. The van der Waals surface area contributed by atoms with E-state index in [-0.39, 0.29) is 11.1 Å². The summed E-state index contributed by atoms with van der Waals surface area (Å²) < 4.78 is 0. The highest BCUT2D eigenvalue weighted by Gasteiger charge is 2.51. The molecular formula is C13H11ClN4O. The van der Waals surface area contributed by atoms with Gasteiger partial charge < -0.3 is 5.73 Å². The predicted octanol–water partition coefficient (Wildman–Crippen LogP) is 1.71. The third-order valence-corrected chi connectivity index (χ3v) is 3.66. The van der Waals surface area contributed by atoms with E-state index in [9.17, 15) is 4.79 Å². The van der Waals surface area contributed by atoms with Gasteiger partial charge in [0.1, 0.15) is 5.69 Å². The Hall–Kier alpha value is -2.01. The molecule has 1 saturated carbocycles. The molecule has 0 unspecified atom stereocenters. The molecule has 0 saturated heterocycles. The van der Waals surface area contributed by atoms with Crippen LogP contribution in [0.3, 0.4) is 0 Å². The minimum absolute atomic E-state index is 0.274. The van der Waals surface area contributed by atoms with Gasteiger partial charge in [-0.3, -0.25) is 14.8 Å². The summed E-state index contributed by atoms with van der Waals surface area (Å²) in [6.45, 7) is 0. The second-order valence-electron chi connectivity index (χ2n) is 4.58. The number of pyridine rings is 1. The number of hydrogen-bond acceptors (Lipinski definition) is 4. The summed E-state index contributed by atoms with van der Waals surface area (Å²) in [6, 6.07) is 3.60. The van der Waals surface area contributed by atoms with Crippen LogP contribution in [0.4, 0.5) is 0 Å². The van der Waals surface area contributed by atoms with E-state index in [1.807, 2.05) is 0 Å². The van der Waals surface area contributed by atoms with Crippen molar-refractivity contribution in [3.8, 4) is 11.3 Å². The molecule has 0 radical (unpaired) electrons. The number of carbonyl (C=O) groups excluding carboxylic acids is 1. The van der Waals surface area contributed by atoms with Crippen LogP contribution < -0.4 is 5.73 Å². The Morgan fingerprint density at radius 2 is 2.00 bits per heavy atom. The highest BCUT2D eigenvalue weighted by molar-refractivity contribution is 6.31. The lowest BCUT2D eigenvalue weighted by Crippen LogP contribution is -2.29. The van der Waals surface area contributed by atoms with Gasteiger partial charge in [-0.15, -0.1) is 0 Å². The van der Waals surface area contributed by atoms with Crippen molar-refractivity contribution in [2.75, 3.05) is 0 Å². The standard InChI is InChI=1S/C13H11ClN4O/c14-11-10(8-1-5-16-6-2-8)17-7-9(18-11)13(3-4-13)12(15)19/h1-2,5-7H,3-4H2,(H2,15,19). The maximum absolute atomic E-state index is 11.5. The fourth-order valence-corrected chi connectivity index (χ4v) is 2.30. The Bertz CT molecular complexity index is 640. The summed E-state index contributed by atoms with van der Waals surface area (Å²) in [5, 5.41) is 0.274. The van der Waals surface area contributed by atoms with Gasteiger partial charge in [0.2, 0.25) is 5.91 Å². The van der Waals surface area contributed by atoms with E-state index in [2.05, 4.69) is 15.0 Å². The maximum Gasteiger partial charge on any atom is 0.229 e. The van der Waals surface area contributed by atoms with Crippen LogP contribution in [0, 0.1) is 0 Å². The van der Waals surface area contributed by atoms with E-state index >= 15 is 0 Å². The van der Waals surface area contributed by atoms with E-state index < -0.39 is 5.41 Å². The highest BCUT2D eigenvalue weighted by Crippen LogP contribution is 2.47. The lowest BCUT2D eigenvalue weighted by molar-refractivity contribution is -0.120. The summed E-state index contributed by atoms with van der Waals surface area (Å²) in [6.07, 6.45) is 6.32. The summed E-state index contributed by atoms with van der Waals surface area (Å²) in [5.41, 5.74) is 6.72. The van der Waals surface area contributed by atoms with Crippen molar-refractivity contribution in [1.29, 1.82) is 0 Å². The molecule has 19 heavy (non-hydrogen) atoms. The fourth-order valence-electron chi connectivity index (χ4n) is 2.05. The average Bonchev–Trinajstić information content (AvgIpc) is 3.21. The number of hydrogen-bond donors (Lipinski definition) is 1. The minimum atomic E-state index is -0.659. The molecule has 2 aromatic rings. The molecule has 96 valence electrons. The lowest BCUT2D eigenvalue weighted by Gasteiger charge is -2.11. The van der Waals surface area contributed by atoms with Crippen molar-refractivity contribution in [2.45, 2.75) is 18.3 Å². The van der Waals surface area contributed by atoms with Gasteiger partial charge >= 0.3 is 0 Å². The van der Waals surface area contributed by atoms with Crippen molar-refractivity contribution in [3.63, 3.8) is 0 Å². The van der Waals surface area contributed by atoms with Gasteiger partial charge in [0.05, 0.1) is 17.3 Å². The van der Waals surface area contributed by atoms with Gasteiger partial charge in [-0.25, -0.2) is 4.98 Å². The molecule has 1 aliphatic rings. The normalized spacial score (nSPS) is 16.1. The van der Waals surface area contributed by atoms with Crippen molar-refractivity contribution < 1.29 is 4.79 Å². The number of amides is 1. The van der Waals surface area contributed by atoms with Crippen molar-refractivity contribution >= 4 is 17.5 Å². The number of primary amides is 1. The SMILES string of the molecule is NC(=O)C1(c2cnc(-c3ccncc3)c(Cl)n2)CC1. The van der Waals surface area contributed by atoms with Gasteiger partial charge in [-0.1, -0.05) is 11.6 Å². The topological polar surface area (TPSA) is 81.8 Å². The Balaban J connectivity index is 2.02. The zero-order chi connectivity index (χ0) is 13.5. The van der Waals surface area contributed by atoms with Crippen LogP contribution >= 0.6 is 11.6 Å². The Morgan fingerprint density at radius 1 is 1.32 bits per heavy atom. The molecule has 1 aliphatic carbocycles. The molecule has 3 rings (SSSR count). The van der Waals surface area contributed by atoms with Gasteiger partial charge in [0.15, 0.2) is 5.15 Å². The number of nitrogens with two attached hydrogens (primary N) is 1. The second-order valence-corrected chi connectivity index (χ2v) is 4.93. The largest absolute Gasteiger partial charge is 0.369 e. The first-order chi connectivity index (χ1) is 9.13. The maximum atomic E-state index is 11.5. The third kappa shape index (κ3) is 1.96. The monoisotopic (exact) mass is 274 g/mol. The second kappa shape index (κ2) is 4.28. The third-order valence-electron chi connectivity index (χ3n) is 3.40. The summed E-state index contributed by atoms with van der Waals surface area (Å²) in [4.78, 5) is 24.0. The van der Waals surface area contributed by atoms with Crippen molar-refractivity contribution in [3.05, 3.63) is 41.6 Å². The van der Waals surface area contributed by atoms with Crippen LogP contribution in [0.5, 0.6) is 0 Å². The molecule has 2 N–H and O–H groups in total. The van der Waals surface area contributed by atoms with Crippen LogP contribution in [0.25, 0.3) is 11.3 Å². The molecule has 0 atom stereocenters. The lowest BCUT2D eigenvalue weighted by atomic mass is 10.0. The average molecular weight is 275 g/mol. The van der Waals surface area contributed by atoms with Gasteiger partial charge in [0, 0.05) is 18.0 Å². The van der Waals surface area contributed by atoms with Crippen LogP contribution in [0.2, 0.25) is 5.15 Å². The van der Waals surface area contributed by atoms with Crippen molar-refractivity contribution in [1.82, 2.24) is 15.0 Å². The van der Waals surface area contributed by atoms with E-state index in [0.717, 1.165) is 5.56 Å². The first kappa shape index (κ1) is 12.0. The molecule has 0 spiro atoms. The molecule has 0 bridgehead atoms. The highest BCUT2D eigenvalue weighted by atomic mass is 35.5. The van der Waals surface area contributed by atoms with Crippen LogP contribution in [0.1, 0.15) is 18.5 Å². The van der Waals surface area contributed by atoms with E-state index in [1.165, 1.54) is 0 Å². The number of halogens is 1. The van der Waals surface area contributed by atoms with Crippen LogP contribution in [-0.4, -0.2) is 20.9 Å². The molecular weight excluding hydrogens is 264 g/mol. The molecule has 1 amide bonds. The quantitative estimate of drug-likeness (QED) is 0.924. The summed E-state index contributed by atoms with van der Waals surface area (Å²) in [7, 11) is 0. The predicted molar refractivity (Wildman–Crippen MR) is 70.4 cm³/mol. The van der Waals surface area contributed by atoms with Crippen LogP contribution in [-0.2, 0) is 10.2 Å². The van der Waals surface area contributed by atoms with Crippen molar-refractivity contribution in [2.24, 2.45) is 5.73 Å². The molecule has 0 aromatic carbocycles. The number of carbonyl (C=O) groups is 1. The molecule has 6 heteroatoms. The van der Waals surface area contributed by atoms with Gasteiger partial charge in [-0.05, 0) is 25.0 Å². The van der Waals surface area contributed by atoms with E-state index in [1.54, 1.807) is 30.7 Å². The smallest absolute Gasteiger partial charge is 0.229 e. The molecule has 2 aromatic heterocycles. The minimum Gasteiger partial charge on any atom is -0.369 e.